The van der Waals surface area contributed by atoms with E-state index in [0.717, 1.165) is 114 Å². The summed E-state index contributed by atoms with van der Waals surface area (Å²) < 4.78 is 35.0. The van der Waals surface area contributed by atoms with Crippen LogP contribution in [0.15, 0.2) is 154 Å². The molecule has 15 nitrogen and oxygen atoms in total. The number of likely N-dealkylation sites (tertiary alicyclic amines) is 3. The molecule has 6 aliphatic rings. The Morgan fingerprint density at radius 1 is 0.441 bits per heavy atom. The molecule has 0 radical (unpaired) electrons. The summed E-state index contributed by atoms with van der Waals surface area (Å²) in [5.74, 6) is 5.87. The Morgan fingerprint density at radius 2 is 0.785 bits per heavy atom. The maximum absolute atomic E-state index is 13.6. The predicted octanol–water partition coefficient (Wildman–Crippen LogP) is 13.6. The van der Waals surface area contributed by atoms with Crippen molar-refractivity contribution in [1.82, 2.24) is 14.7 Å². The summed E-state index contributed by atoms with van der Waals surface area (Å²) in [5.41, 5.74) is 31.0. The first-order valence-electron chi connectivity index (χ1n) is 33.0. The fourth-order valence-electron chi connectivity index (χ4n) is 14.1. The average molecular weight is 1260 g/mol. The summed E-state index contributed by atoms with van der Waals surface area (Å²) in [5, 5.41) is 0. The number of methoxy groups -OCH3 is 1. The quantitative estimate of drug-likeness (QED) is 0.124. The van der Waals surface area contributed by atoms with Gasteiger partial charge in [0.2, 0.25) is 0 Å². The molecular weight excluding hydrogens is 1160 g/mol. The van der Waals surface area contributed by atoms with E-state index < -0.39 is 0 Å². The van der Waals surface area contributed by atoms with Gasteiger partial charge in [-0.3, -0.25) is 14.4 Å². The Labute approximate surface area is 547 Å². The molecule has 8 heterocycles. The van der Waals surface area contributed by atoms with Gasteiger partial charge in [-0.25, -0.2) is 0 Å². The summed E-state index contributed by atoms with van der Waals surface area (Å²) in [6, 6.07) is 48.2. The lowest BCUT2D eigenvalue weighted by Gasteiger charge is -2.39. The molecule has 0 unspecified atom stereocenters. The van der Waals surface area contributed by atoms with E-state index in [9.17, 15) is 14.4 Å². The highest BCUT2D eigenvalue weighted by Gasteiger charge is 2.47. The molecule has 0 atom stereocenters. The van der Waals surface area contributed by atoms with Crippen molar-refractivity contribution < 1.29 is 42.2 Å². The van der Waals surface area contributed by atoms with Crippen molar-refractivity contribution in [3.63, 3.8) is 0 Å². The second-order valence-electron chi connectivity index (χ2n) is 28.4. The van der Waals surface area contributed by atoms with Gasteiger partial charge >= 0.3 is 0 Å². The summed E-state index contributed by atoms with van der Waals surface area (Å²) in [6.45, 7) is 23.2. The molecule has 3 fully saturated rings. The van der Waals surface area contributed by atoms with Crippen molar-refractivity contribution >= 4 is 17.7 Å². The smallest absolute Gasteiger partial charge is 0.289 e. The average Bonchev–Trinajstić information content (AvgIpc) is 1.70. The van der Waals surface area contributed by atoms with Crippen LogP contribution in [0.5, 0.6) is 23.0 Å². The second kappa shape index (κ2) is 26.0. The number of benzene rings is 6. The van der Waals surface area contributed by atoms with E-state index in [4.69, 9.17) is 45.0 Å². The Balaban J connectivity index is 0.000000134. The number of nitrogens with zero attached hydrogens (tertiary/aromatic N) is 3. The highest BCUT2D eigenvalue weighted by Crippen LogP contribution is 2.49. The molecule has 3 saturated heterocycles. The fraction of sp³-hybridized carbons (Fsp3) is 0.397. The van der Waals surface area contributed by atoms with Crippen molar-refractivity contribution in [2.24, 2.45) is 17.2 Å². The van der Waals surface area contributed by atoms with E-state index in [2.05, 4.69) is 90.9 Å². The van der Waals surface area contributed by atoms with Crippen molar-refractivity contribution in [2.45, 2.75) is 134 Å². The maximum Gasteiger partial charge on any atom is 0.289 e. The normalized spacial score (nSPS) is 17.3. The molecule has 6 N–H and O–H groups in total. The number of rotatable bonds is 9. The molecule has 93 heavy (non-hydrogen) atoms. The van der Waals surface area contributed by atoms with E-state index in [-0.39, 0.29) is 44.8 Å². The van der Waals surface area contributed by atoms with Crippen molar-refractivity contribution in [3.8, 4) is 45.6 Å². The molecule has 8 aromatic rings. The van der Waals surface area contributed by atoms with Crippen LogP contribution < -0.4 is 36.1 Å². The predicted molar refractivity (Wildman–Crippen MR) is 363 cm³/mol. The van der Waals surface area contributed by atoms with Gasteiger partial charge in [-0.1, -0.05) is 114 Å². The molecule has 6 aliphatic heterocycles. The number of piperidine rings is 3. The van der Waals surface area contributed by atoms with E-state index in [0.29, 0.717) is 82.9 Å². The summed E-state index contributed by atoms with van der Waals surface area (Å²) in [7, 11) is 1.63. The highest BCUT2D eigenvalue weighted by atomic mass is 16.5. The van der Waals surface area contributed by atoms with Crippen LogP contribution in [0.2, 0.25) is 0 Å². The van der Waals surface area contributed by atoms with Gasteiger partial charge in [0.25, 0.3) is 17.7 Å². The van der Waals surface area contributed by atoms with Gasteiger partial charge in [0.15, 0.2) is 11.5 Å². The van der Waals surface area contributed by atoms with Crippen LogP contribution in [0.4, 0.5) is 0 Å². The van der Waals surface area contributed by atoms with Crippen molar-refractivity contribution in [1.29, 1.82) is 0 Å². The molecule has 2 aromatic heterocycles. The van der Waals surface area contributed by atoms with Crippen LogP contribution in [-0.4, -0.2) is 98.6 Å². The van der Waals surface area contributed by atoms with Crippen LogP contribution >= 0.6 is 0 Å². The number of ether oxygens (including phenoxy) is 4. The molecule has 0 saturated carbocycles. The fourth-order valence-corrected chi connectivity index (χ4v) is 14.1. The molecule has 0 aliphatic carbocycles. The van der Waals surface area contributed by atoms with Crippen molar-refractivity contribution in [2.75, 3.05) is 66.2 Å². The summed E-state index contributed by atoms with van der Waals surface area (Å²) in [6.07, 6.45) is 5.34. The molecule has 6 aromatic carbocycles. The number of fused-ring (bicyclic) bond motifs is 6. The molecule has 0 bridgehead atoms. The van der Waals surface area contributed by atoms with E-state index in [1.165, 1.54) is 33.4 Å². The van der Waals surface area contributed by atoms with E-state index in [1.807, 2.05) is 106 Å². The lowest BCUT2D eigenvalue weighted by molar-refractivity contribution is 0.0610. The first kappa shape index (κ1) is 64.5. The van der Waals surface area contributed by atoms with E-state index >= 15 is 0 Å². The topological polar surface area (TPSA) is 202 Å². The molecule has 486 valence electrons. The van der Waals surface area contributed by atoms with Gasteiger partial charge in [-0.15, -0.1) is 0 Å². The van der Waals surface area contributed by atoms with E-state index in [1.54, 1.807) is 19.2 Å². The third kappa shape index (κ3) is 13.2. The number of hydrogen-bond donors (Lipinski definition) is 3. The zero-order valence-electron chi connectivity index (χ0n) is 55.3. The molecule has 15 heteroatoms. The molecule has 3 amide bonds. The number of aryl methyl sites for hydroxylation is 1. The SMILES string of the molecule is CC(C)(C)c1cc(C(=O)N2CCC3(CC2)COc2ccc(CN)cc23)cc(C(C)(C)C)c1.COc1ccc(-c2ccc(C(=O)N3CCC4(CC3)COc3ccc(CN)cc34)o2)cc1.Cc1ccc(-c2ccc(C(=O)N3CCC4(CC3)COc3ccc(CN)cc34)o2)cc1. The standard InChI is InChI=1S/C28H38N2O2.C25H26N2O4.C25H26N2O3/c1-26(2,3)21-14-20(15-22(16-21)27(4,5)6)25(31)30-11-9-28(10-12-30)18-32-24-8-7-19(17-29)13-23(24)28;1-29-19-5-3-18(4-6-19)21-8-9-23(31-21)24(28)27-12-10-25(11-13-27)16-30-22-7-2-17(15-26)14-20(22)25;1-17-2-5-19(6-3-17)21-8-9-23(30-21)24(28)27-12-10-25(11-13-27)16-29-22-7-4-18(15-26)14-20(22)25/h7-8,13-16H,9-12,17-18,29H2,1-6H3;2-9,14H,10-13,15-16,26H2,1H3;2-9,14H,10-13,15-16,26H2,1H3. The maximum atomic E-state index is 13.6. The third-order valence-corrected chi connectivity index (χ3v) is 20.3. The molecule has 3 spiro atoms. The van der Waals surface area contributed by atoms with Gasteiger partial charge in [0, 0.05) is 109 Å². The Hall–Kier alpha value is -8.63. The van der Waals surface area contributed by atoms with Gasteiger partial charge in [-0.2, -0.15) is 0 Å². The number of amides is 3. The Bertz CT molecular complexity index is 3980. The minimum atomic E-state index is -0.0653. The second-order valence-corrected chi connectivity index (χ2v) is 28.4. The lowest BCUT2D eigenvalue weighted by atomic mass is 9.74. The Morgan fingerprint density at radius 3 is 1.12 bits per heavy atom. The third-order valence-electron chi connectivity index (χ3n) is 20.3. The molecule has 14 rings (SSSR count). The number of carbonyl (C=O) groups is 3. The van der Waals surface area contributed by atoms with Crippen LogP contribution in [0.1, 0.15) is 162 Å². The highest BCUT2D eigenvalue weighted by molar-refractivity contribution is 5.95. The largest absolute Gasteiger partial charge is 0.497 e. The van der Waals surface area contributed by atoms with Gasteiger partial charge in [0.05, 0.1) is 26.9 Å². The van der Waals surface area contributed by atoms with Crippen molar-refractivity contribution in [3.05, 3.63) is 213 Å². The first-order valence-corrected chi connectivity index (χ1v) is 33.0. The lowest BCUT2D eigenvalue weighted by Crippen LogP contribution is -2.46. The summed E-state index contributed by atoms with van der Waals surface area (Å²) in [4.78, 5) is 45.5. The van der Waals surface area contributed by atoms with Gasteiger partial charge in [-0.05, 0) is 163 Å². The zero-order valence-corrected chi connectivity index (χ0v) is 55.3. The summed E-state index contributed by atoms with van der Waals surface area (Å²) >= 11 is 0. The number of nitrogens with two attached hydrogens (primary N) is 3. The van der Waals surface area contributed by atoms with Crippen LogP contribution in [0, 0.1) is 6.92 Å². The van der Waals surface area contributed by atoms with Gasteiger partial charge in [0.1, 0.15) is 34.5 Å². The van der Waals surface area contributed by atoms with Crippen LogP contribution in [-0.2, 0) is 46.7 Å². The molecular formula is C78H90N6O9. The first-order chi connectivity index (χ1) is 44.6. The van der Waals surface area contributed by atoms with Crippen LogP contribution in [0.3, 0.4) is 0 Å². The van der Waals surface area contributed by atoms with Crippen LogP contribution in [0.25, 0.3) is 22.6 Å². The minimum absolute atomic E-state index is 0.00111. The number of furan rings is 2. The zero-order chi connectivity index (χ0) is 65.5. The Kier molecular flexibility index (Phi) is 18.1. The number of hydrogen-bond acceptors (Lipinski definition) is 12. The van der Waals surface area contributed by atoms with Gasteiger partial charge < -0.3 is 59.7 Å². The number of carbonyl (C=O) groups excluding carboxylic acids is 3. The minimum Gasteiger partial charge on any atom is -0.497 e. The monoisotopic (exact) mass is 1250 g/mol.